The number of rotatable bonds is 1. The first-order valence-electron chi connectivity index (χ1n) is 5.12. The fraction of sp³-hybridized carbons (Fsp3) is 0.273. The maximum absolute atomic E-state index is 11.8. The van der Waals surface area contributed by atoms with Gasteiger partial charge in [0.05, 0.1) is 17.4 Å². The number of para-hydroxylation sites is 1. The van der Waals surface area contributed by atoms with E-state index in [2.05, 4.69) is 5.32 Å². The molecule has 0 radical (unpaired) electrons. The Kier molecular flexibility index (Phi) is 3.19. The number of likely N-dealkylation sites (N-methyl/N-ethyl adjacent to an activating group) is 1. The lowest BCUT2D eigenvalue weighted by Crippen LogP contribution is -2.34. The van der Waals surface area contributed by atoms with Crippen LogP contribution in [0.2, 0.25) is 5.02 Å². The molecule has 0 aromatic heterocycles. The summed E-state index contributed by atoms with van der Waals surface area (Å²) in [5, 5.41) is 3.14. The summed E-state index contributed by atoms with van der Waals surface area (Å²) in [6.07, 6.45) is 0. The third-order valence-corrected chi connectivity index (χ3v) is 2.87. The quantitative estimate of drug-likeness (QED) is 0.827. The molecule has 1 aliphatic heterocycles. The molecule has 1 aromatic carbocycles. The van der Waals surface area contributed by atoms with Crippen molar-refractivity contribution in [2.75, 3.05) is 25.6 Å². The van der Waals surface area contributed by atoms with Crippen LogP contribution in [0, 0.1) is 0 Å². The van der Waals surface area contributed by atoms with Gasteiger partial charge < -0.3 is 10.2 Å². The highest BCUT2D eigenvalue weighted by molar-refractivity contribution is 6.33. The lowest BCUT2D eigenvalue weighted by atomic mass is 10.3. The molecular weight excluding hydrogens is 242 g/mol. The number of halogens is 1. The summed E-state index contributed by atoms with van der Waals surface area (Å²) in [6.45, 7) is 0.405. The number of urea groups is 1. The van der Waals surface area contributed by atoms with Crippen molar-refractivity contribution in [1.29, 1.82) is 0 Å². The molecule has 1 fully saturated rings. The van der Waals surface area contributed by atoms with Crippen molar-refractivity contribution in [3.63, 3.8) is 0 Å². The molecule has 17 heavy (non-hydrogen) atoms. The predicted molar refractivity (Wildman–Crippen MR) is 64.8 cm³/mol. The van der Waals surface area contributed by atoms with Crippen LogP contribution in [0.1, 0.15) is 0 Å². The smallest absolute Gasteiger partial charge is 0.323 e. The average molecular weight is 254 g/mol. The van der Waals surface area contributed by atoms with Crippen molar-refractivity contribution in [1.82, 2.24) is 9.80 Å². The van der Waals surface area contributed by atoms with Crippen molar-refractivity contribution in [3.05, 3.63) is 29.3 Å². The minimum absolute atomic E-state index is 0.0701. The van der Waals surface area contributed by atoms with Gasteiger partial charge in [-0.1, -0.05) is 23.7 Å². The number of nitrogens with zero attached hydrogens (tertiary/aromatic N) is 2. The van der Waals surface area contributed by atoms with E-state index in [4.69, 9.17) is 11.6 Å². The number of hydrogen-bond acceptors (Lipinski definition) is 2. The van der Waals surface area contributed by atoms with Crippen LogP contribution >= 0.6 is 11.6 Å². The highest BCUT2D eigenvalue weighted by Crippen LogP contribution is 2.21. The summed E-state index contributed by atoms with van der Waals surface area (Å²) in [6, 6.07) is 6.64. The van der Waals surface area contributed by atoms with E-state index >= 15 is 0 Å². The van der Waals surface area contributed by atoms with E-state index in [0.29, 0.717) is 17.4 Å². The molecule has 3 amide bonds. The van der Waals surface area contributed by atoms with Crippen molar-refractivity contribution >= 4 is 29.2 Å². The van der Waals surface area contributed by atoms with Gasteiger partial charge in [0, 0.05) is 7.05 Å². The van der Waals surface area contributed by atoms with Crippen molar-refractivity contribution < 1.29 is 9.59 Å². The Hall–Kier alpha value is -1.75. The van der Waals surface area contributed by atoms with Crippen molar-refractivity contribution in [2.45, 2.75) is 0 Å². The van der Waals surface area contributed by atoms with E-state index < -0.39 is 0 Å². The first-order valence-corrected chi connectivity index (χ1v) is 5.50. The lowest BCUT2D eigenvalue weighted by Gasteiger charge is -2.16. The zero-order valence-electron chi connectivity index (χ0n) is 9.31. The van der Waals surface area contributed by atoms with Crippen LogP contribution in [0.4, 0.5) is 10.5 Å². The molecule has 1 N–H and O–H groups in total. The molecule has 0 aliphatic carbocycles. The van der Waals surface area contributed by atoms with Gasteiger partial charge in [-0.25, -0.2) is 4.79 Å². The van der Waals surface area contributed by atoms with Gasteiger partial charge in [-0.05, 0) is 12.1 Å². The van der Waals surface area contributed by atoms with Crippen LogP contribution in [-0.2, 0) is 4.79 Å². The number of nitrogens with one attached hydrogen (secondary N) is 1. The van der Waals surface area contributed by atoms with Gasteiger partial charge >= 0.3 is 6.03 Å². The van der Waals surface area contributed by atoms with Gasteiger partial charge in [0.1, 0.15) is 6.54 Å². The molecule has 0 saturated carbocycles. The van der Waals surface area contributed by atoms with E-state index in [1.165, 1.54) is 9.80 Å². The van der Waals surface area contributed by atoms with Crippen LogP contribution in [0.5, 0.6) is 0 Å². The first-order chi connectivity index (χ1) is 8.08. The molecule has 2 rings (SSSR count). The van der Waals surface area contributed by atoms with E-state index in [-0.39, 0.29) is 18.5 Å². The second-order valence-corrected chi connectivity index (χ2v) is 4.25. The topological polar surface area (TPSA) is 52.6 Å². The zero-order valence-corrected chi connectivity index (χ0v) is 10.1. The largest absolute Gasteiger partial charge is 0.326 e. The number of carbonyl (C=O) groups is 2. The van der Waals surface area contributed by atoms with Crippen LogP contribution in [0.25, 0.3) is 0 Å². The van der Waals surface area contributed by atoms with E-state index in [9.17, 15) is 9.59 Å². The number of anilines is 1. The van der Waals surface area contributed by atoms with Gasteiger partial charge in [-0.2, -0.15) is 0 Å². The zero-order chi connectivity index (χ0) is 12.4. The van der Waals surface area contributed by atoms with Gasteiger partial charge in [0.25, 0.3) is 0 Å². The van der Waals surface area contributed by atoms with Crippen molar-refractivity contribution in [2.24, 2.45) is 0 Å². The molecule has 1 heterocycles. The van der Waals surface area contributed by atoms with E-state index in [1.807, 2.05) is 0 Å². The molecule has 6 heteroatoms. The number of benzene rings is 1. The fourth-order valence-corrected chi connectivity index (χ4v) is 1.74. The Balaban J connectivity index is 2.03. The molecule has 1 saturated heterocycles. The van der Waals surface area contributed by atoms with E-state index in [0.717, 1.165) is 0 Å². The summed E-state index contributed by atoms with van der Waals surface area (Å²) >= 11 is 5.92. The van der Waals surface area contributed by atoms with Crippen LogP contribution in [-0.4, -0.2) is 42.0 Å². The van der Waals surface area contributed by atoms with Crippen LogP contribution in [0.15, 0.2) is 24.3 Å². The Morgan fingerprint density at radius 3 is 2.71 bits per heavy atom. The minimum atomic E-state index is -0.323. The third-order valence-electron chi connectivity index (χ3n) is 2.54. The molecule has 0 bridgehead atoms. The maximum Gasteiger partial charge on any atom is 0.323 e. The highest BCUT2D eigenvalue weighted by Gasteiger charge is 2.28. The van der Waals surface area contributed by atoms with Crippen LogP contribution < -0.4 is 5.32 Å². The first kappa shape index (κ1) is 11.7. The third kappa shape index (κ3) is 2.50. The van der Waals surface area contributed by atoms with Gasteiger partial charge in [0.2, 0.25) is 5.91 Å². The number of hydrogen-bond donors (Lipinski definition) is 1. The Labute approximate surface area is 104 Å². The second kappa shape index (κ2) is 4.63. The molecule has 90 valence electrons. The summed E-state index contributed by atoms with van der Waals surface area (Å²) in [4.78, 5) is 26.0. The van der Waals surface area contributed by atoms with Gasteiger partial charge in [0.15, 0.2) is 0 Å². The lowest BCUT2D eigenvalue weighted by molar-refractivity contribution is -0.125. The normalized spacial score (nSPS) is 15.3. The Bertz CT molecular complexity index is 464. The van der Waals surface area contributed by atoms with Gasteiger partial charge in [-0.15, -0.1) is 0 Å². The Morgan fingerprint density at radius 2 is 2.12 bits per heavy atom. The maximum atomic E-state index is 11.8. The molecule has 5 nitrogen and oxygen atoms in total. The summed E-state index contributed by atoms with van der Waals surface area (Å²) in [5.74, 6) is -0.0701. The monoisotopic (exact) mass is 253 g/mol. The summed E-state index contributed by atoms with van der Waals surface area (Å²) in [5.41, 5.74) is 0.543. The van der Waals surface area contributed by atoms with E-state index in [1.54, 1.807) is 31.3 Å². The standard InChI is InChI=1S/C11H12ClN3O2/c1-14-7-15(6-10(14)16)11(17)13-9-5-3-2-4-8(9)12/h2-5H,6-7H2,1H3,(H,13,17). The fourth-order valence-electron chi connectivity index (χ4n) is 1.56. The highest BCUT2D eigenvalue weighted by atomic mass is 35.5. The van der Waals surface area contributed by atoms with Crippen LogP contribution in [0.3, 0.4) is 0 Å². The predicted octanol–water partition coefficient (Wildman–Crippen LogP) is 1.60. The second-order valence-electron chi connectivity index (χ2n) is 3.84. The van der Waals surface area contributed by atoms with Gasteiger partial charge in [-0.3, -0.25) is 9.69 Å². The summed E-state index contributed by atoms with van der Waals surface area (Å²) in [7, 11) is 1.66. The minimum Gasteiger partial charge on any atom is -0.326 e. The molecule has 0 unspecified atom stereocenters. The number of amides is 3. The Morgan fingerprint density at radius 1 is 1.41 bits per heavy atom. The molecular formula is C11H12ClN3O2. The molecule has 0 atom stereocenters. The SMILES string of the molecule is CN1CN(C(=O)Nc2ccccc2Cl)CC1=O. The molecule has 0 spiro atoms. The molecule has 1 aliphatic rings. The summed E-state index contributed by atoms with van der Waals surface area (Å²) < 4.78 is 0. The number of carbonyl (C=O) groups excluding carboxylic acids is 2. The average Bonchev–Trinajstić information content (AvgIpc) is 2.63. The molecule has 1 aromatic rings. The van der Waals surface area contributed by atoms with Crippen molar-refractivity contribution in [3.8, 4) is 0 Å².